The van der Waals surface area contributed by atoms with Gasteiger partial charge in [-0.25, -0.2) is 0 Å². The molecule has 1 heterocycles. The molecule has 0 spiro atoms. The molecule has 2 nitrogen and oxygen atoms in total. The zero-order chi connectivity index (χ0) is 14.6. The largest absolute Gasteiger partial charge is 0.330 e. The van der Waals surface area contributed by atoms with Gasteiger partial charge in [0.2, 0.25) is 0 Å². The molecule has 1 aliphatic rings. The summed E-state index contributed by atoms with van der Waals surface area (Å²) in [5.74, 6) is 0. The predicted octanol–water partition coefficient (Wildman–Crippen LogP) is 3.69. The second-order valence-corrected chi connectivity index (χ2v) is 7.14. The standard InChI is InChI=1S/C18H30N2/c1-18(2,3)16-9-7-15(8-10-16)14-20-13-5-4-6-17(20)11-12-19/h7-10,17H,4-6,11-14,19H2,1-3H3. The van der Waals surface area contributed by atoms with Gasteiger partial charge in [-0.15, -0.1) is 0 Å². The fourth-order valence-electron chi connectivity index (χ4n) is 3.13. The Balaban J connectivity index is 2.01. The molecule has 2 N–H and O–H groups in total. The van der Waals surface area contributed by atoms with Crippen molar-refractivity contribution >= 4 is 0 Å². The number of nitrogens with zero attached hydrogens (tertiary/aromatic N) is 1. The molecule has 1 aliphatic heterocycles. The zero-order valence-corrected chi connectivity index (χ0v) is 13.4. The van der Waals surface area contributed by atoms with Gasteiger partial charge < -0.3 is 5.73 Å². The van der Waals surface area contributed by atoms with Crippen LogP contribution in [0.2, 0.25) is 0 Å². The van der Waals surface area contributed by atoms with Gasteiger partial charge in [-0.3, -0.25) is 4.90 Å². The van der Waals surface area contributed by atoms with Crippen molar-refractivity contribution in [2.45, 2.75) is 64.5 Å². The molecular weight excluding hydrogens is 244 g/mol. The lowest BCUT2D eigenvalue weighted by Crippen LogP contribution is -2.40. The van der Waals surface area contributed by atoms with E-state index in [2.05, 4.69) is 49.9 Å². The minimum Gasteiger partial charge on any atom is -0.330 e. The Kier molecular flexibility index (Phi) is 5.22. The fourth-order valence-corrected chi connectivity index (χ4v) is 3.13. The Bertz CT molecular complexity index is 400. The van der Waals surface area contributed by atoms with Crippen molar-refractivity contribution in [3.05, 3.63) is 35.4 Å². The summed E-state index contributed by atoms with van der Waals surface area (Å²) in [5.41, 5.74) is 8.85. The molecule has 0 aromatic heterocycles. The van der Waals surface area contributed by atoms with Crippen molar-refractivity contribution in [3.8, 4) is 0 Å². The highest BCUT2D eigenvalue weighted by Crippen LogP contribution is 2.24. The van der Waals surface area contributed by atoms with E-state index in [1.807, 2.05) is 0 Å². The summed E-state index contributed by atoms with van der Waals surface area (Å²) < 4.78 is 0. The van der Waals surface area contributed by atoms with Crippen LogP contribution in [0, 0.1) is 0 Å². The Morgan fingerprint density at radius 2 is 1.85 bits per heavy atom. The van der Waals surface area contributed by atoms with Gasteiger partial charge in [0.25, 0.3) is 0 Å². The van der Waals surface area contributed by atoms with Gasteiger partial charge in [-0.1, -0.05) is 51.5 Å². The SMILES string of the molecule is CC(C)(C)c1ccc(CN2CCCCC2CCN)cc1. The van der Waals surface area contributed by atoms with Crippen molar-refractivity contribution in [1.29, 1.82) is 0 Å². The molecule has 1 fully saturated rings. The van der Waals surface area contributed by atoms with E-state index < -0.39 is 0 Å². The normalized spacial score (nSPS) is 21.1. The van der Waals surface area contributed by atoms with Gasteiger partial charge >= 0.3 is 0 Å². The molecule has 0 bridgehead atoms. The maximum absolute atomic E-state index is 5.76. The van der Waals surface area contributed by atoms with Crippen LogP contribution in [0.3, 0.4) is 0 Å². The van der Waals surface area contributed by atoms with Crippen molar-refractivity contribution in [3.63, 3.8) is 0 Å². The number of piperidine rings is 1. The highest BCUT2D eigenvalue weighted by Gasteiger charge is 2.21. The second-order valence-electron chi connectivity index (χ2n) is 7.14. The number of hydrogen-bond acceptors (Lipinski definition) is 2. The summed E-state index contributed by atoms with van der Waals surface area (Å²) in [4.78, 5) is 2.63. The Morgan fingerprint density at radius 1 is 1.15 bits per heavy atom. The lowest BCUT2D eigenvalue weighted by molar-refractivity contribution is 0.134. The summed E-state index contributed by atoms with van der Waals surface area (Å²) >= 11 is 0. The van der Waals surface area contributed by atoms with E-state index in [1.54, 1.807) is 0 Å². The molecule has 0 amide bonds. The van der Waals surface area contributed by atoms with Crippen LogP contribution in [-0.2, 0) is 12.0 Å². The average molecular weight is 274 g/mol. The van der Waals surface area contributed by atoms with Crippen molar-refractivity contribution in [1.82, 2.24) is 4.90 Å². The second kappa shape index (κ2) is 6.73. The molecular formula is C18H30N2. The van der Waals surface area contributed by atoms with Crippen LogP contribution < -0.4 is 5.73 Å². The number of benzene rings is 1. The third kappa shape index (κ3) is 4.07. The van der Waals surface area contributed by atoms with Gasteiger partial charge in [-0.05, 0) is 48.9 Å². The Labute approximate surface area is 124 Å². The molecule has 0 radical (unpaired) electrons. The third-order valence-corrected chi connectivity index (χ3v) is 4.45. The smallest absolute Gasteiger partial charge is 0.0236 e. The van der Waals surface area contributed by atoms with E-state index in [0.717, 1.165) is 19.5 Å². The molecule has 2 heteroatoms. The molecule has 0 saturated carbocycles. The molecule has 1 aromatic carbocycles. The quantitative estimate of drug-likeness (QED) is 0.907. The Morgan fingerprint density at radius 3 is 2.45 bits per heavy atom. The molecule has 112 valence electrons. The van der Waals surface area contributed by atoms with Crippen molar-refractivity contribution < 1.29 is 0 Å². The first-order valence-electron chi connectivity index (χ1n) is 8.04. The third-order valence-electron chi connectivity index (χ3n) is 4.45. The Hall–Kier alpha value is -0.860. The molecule has 2 rings (SSSR count). The summed E-state index contributed by atoms with van der Waals surface area (Å²) in [6.45, 7) is 9.92. The van der Waals surface area contributed by atoms with Gasteiger partial charge in [0.15, 0.2) is 0 Å². The van der Waals surface area contributed by atoms with Gasteiger partial charge in [0.05, 0.1) is 0 Å². The zero-order valence-electron chi connectivity index (χ0n) is 13.4. The van der Waals surface area contributed by atoms with Gasteiger partial charge in [0.1, 0.15) is 0 Å². The maximum Gasteiger partial charge on any atom is 0.0236 e. The predicted molar refractivity (Wildman–Crippen MR) is 86.9 cm³/mol. The lowest BCUT2D eigenvalue weighted by atomic mass is 9.86. The van der Waals surface area contributed by atoms with Crippen LogP contribution in [0.25, 0.3) is 0 Å². The first-order valence-corrected chi connectivity index (χ1v) is 8.04. The van der Waals surface area contributed by atoms with Crippen LogP contribution in [-0.4, -0.2) is 24.0 Å². The van der Waals surface area contributed by atoms with Crippen LogP contribution in [0.5, 0.6) is 0 Å². The maximum atomic E-state index is 5.76. The van der Waals surface area contributed by atoms with Gasteiger partial charge in [-0.2, -0.15) is 0 Å². The summed E-state index contributed by atoms with van der Waals surface area (Å²) in [7, 11) is 0. The topological polar surface area (TPSA) is 29.3 Å². The van der Waals surface area contributed by atoms with Crippen molar-refractivity contribution in [2.24, 2.45) is 5.73 Å². The van der Waals surface area contributed by atoms with Crippen LogP contribution in [0.15, 0.2) is 24.3 Å². The van der Waals surface area contributed by atoms with Crippen LogP contribution in [0.4, 0.5) is 0 Å². The van der Waals surface area contributed by atoms with Crippen LogP contribution in [0.1, 0.15) is 57.6 Å². The van der Waals surface area contributed by atoms with E-state index in [4.69, 9.17) is 5.73 Å². The molecule has 20 heavy (non-hydrogen) atoms. The van der Waals surface area contributed by atoms with Gasteiger partial charge in [0, 0.05) is 12.6 Å². The summed E-state index contributed by atoms with van der Waals surface area (Å²) in [6, 6.07) is 9.87. The number of nitrogens with two attached hydrogens (primary N) is 1. The van der Waals surface area contributed by atoms with E-state index in [9.17, 15) is 0 Å². The van der Waals surface area contributed by atoms with Crippen molar-refractivity contribution in [2.75, 3.05) is 13.1 Å². The van der Waals surface area contributed by atoms with Crippen LogP contribution >= 0.6 is 0 Å². The van der Waals surface area contributed by atoms with E-state index in [0.29, 0.717) is 6.04 Å². The monoisotopic (exact) mass is 274 g/mol. The summed E-state index contributed by atoms with van der Waals surface area (Å²) in [5, 5.41) is 0. The number of rotatable bonds is 4. The molecule has 1 unspecified atom stereocenters. The molecule has 1 saturated heterocycles. The average Bonchev–Trinajstić information content (AvgIpc) is 2.41. The first-order chi connectivity index (χ1) is 9.50. The molecule has 1 aromatic rings. The minimum atomic E-state index is 0.242. The lowest BCUT2D eigenvalue weighted by Gasteiger charge is -2.35. The number of likely N-dealkylation sites (tertiary alicyclic amines) is 1. The number of hydrogen-bond donors (Lipinski definition) is 1. The summed E-state index contributed by atoms with van der Waals surface area (Å²) in [6.07, 6.45) is 5.16. The first kappa shape index (κ1) is 15.5. The van der Waals surface area contributed by atoms with E-state index in [-0.39, 0.29) is 5.41 Å². The van der Waals surface area contributed by atoms with E-state index >= 15 is 0 Å². The minimum absolute atomic E-state index is 0.242. The molecule has 1 atom stereocenters. The molecule has 0 aliphatic carbocycles. The fraction of sp³-hybridized carbons (Fsp3) is 0.667. The highest BCUT2D eigenvalue weighted by atomic mass is 15.2. The van der Waals surface area contributed by atoms with E-state index in [1.165, 1.54) is 36.9 Å². The highest BCUT2D eigenvalue weighted by molar-refractivity contribution is 5.27.